The second kappa shape index (κ2) is 3.44. The number of rotatable bonds is 1. The highest BCUT2D eigenvalue weighted by Crippen LogP contribution is 2.32. The maximum atomic E-state index is 3.58. The first-order chi connectivity index (χ1) is 6.98. The van der Waals surface area contributed by atoms with Crippen molar-refractivity contribution in [1.82, 2.24) is 0 Å². The molecule has 1 aromatic carbocycles. The lowest BCUT2D eigenvalue weighted by Crippen LogP contribution is -2.35. The third-order valence-corrected chi connectivity index (χ3v) is 3.10. The Hall–Kier alpha value is -1.18. The quantitative estimate of drug-likeness (QED) is 0.756. The maximum absolute atomic E-state index is 3.58. The number of benzene rings is 1. The number of nitrogens with one attached hydrogen (secondary N) is 1. The zero-order valence-electron chi connectivity index (χ0n) is 10.1. The fourth-order valence-corrected chi connectivity index (χ4v) is 2.06. The molecule has 82 valence electrons. The molecule has 2 heteroatoms. The van der Waals surface area contributed by atoms with E-state index in [4.69, 9.17) is 0 Å². The Morgan fingerprint density at radius 1 is 1.27 bits per heavy atom. The molecule has 0 bridgehead atoms. The Kier molecular flexibility index (Phi) is 2.37. The highest BCUT2D eigenvalue weighted by Gasteiger charge is 2.23. The minimum atomic E-state index is 0.243. The van der Waals surface area contributed by atoms with Crippen molar-refractivity contribution in [3.63, 3.8) is 0 Å². The van der Waals surface area contributed by atoms with Crippen molar-refractivity contribution < 1.29 is 0 Å². The summed E-state index contributed by atoms with van der Waals surface area (Å²) in [6.45, 7) is 4.52. The number of hydrogen-bond donors (Lipinski definition) is 1. The Balaban J connectivity index is 2.32. The SMILES string of the molecule is CN(C)c1ccc2c(c1)CCC(C)(C)N2. The smallest absolute Gasteiger partial charge is 0.0378 e. The van der Waals surface area contributed by atoms with Crippen LogP contribution in [0.15, 0.2) is 18.2 Å². The van der Waals surface area contributed by atoms with Crippen LogP contribution in [-0.2, 0) is 6.42 Å². The topological polar surface area (TPSA) is 15.3 Å². The first kappa shape index (κ1) is 10.3. The van der Waals surface area contributed by atoms with E-state index in [1.807, 2.05) is 0 Å². The van der Waals surface area contributed by atoms with E-state index in [0.29, 0.717) is 0 Å². The van der Waals surface area contributed by atoms with Crippen LogP contribution in [0.3, 0.4) is 0 Å². The molecule has 0 unspecified atom stereocenters. The number of aryl methyl sites for hydroxylation is 1. The van der Waals surface area contributed by atoms with Gasteiger partial charge in [0, 0.05) is 31.0 Å². The molecule has 0 aliphatic carbocycles. The molecular weight excluding hydrogens is 184 g/mol. The van der Waals surface area contributed by atoms with E-state index >= 15 is 0 Å². The molecule has 0 atom stereocenters. The average molecular weight is 204 g/mol. The molecule has 2 nitrogen and oxygen atoms in total. The van der Waals surface area contributed by atoms with E-state index in [2.05, 4.69) is 56.4 Å². The summed E-state index contributed by atoms with van der Waals surface area (Å²) in [5, 5.41) is 3.58. The molecule has 0 radical (unpaired) electrons. The van der Waals surface area contributed by atoms with E-state index in [1.54, 1.807) is 0 Å². The predicted octanol–water partition coefficient (Wildman–Crippen LogP) is 2.89. The van der Waals surface area contributed by atoms with Crippen LogP contribution in [0.25, 0.3) is 0 Å². The summed E-state index contributed by atoms with van der Waals surface area (Å²) in [6.07, 6.45) is 2.38. The normalized spacial score (nSPS) is 17.9. The molecule has 15 heavy (non-hydrogen) atoms. The van der Waals surface area contributed by atoms with E-state index < -0.39 is 0 Å². The van der Waals surface area contributed by atoms with Crippen molar-refractivity contribution in [3.8, 4) is 0 Å². The van der Waals surface area contributed by atoms with Gasteiger partial charge >= 0.3 is 0 Å². The van der Waals surface area contributed by atoms with Crippen molar-refractivity contribution in [1.29, 1.82) is 0 Å². The Bertz CT molecular complexity index is 367. The predicted molar refractivity (Wildman–Crippen MR) is 66.8 cm³/mol. The highest BCUT2D eigenvalue weighted by molar-refractivity contribution is 5.62. The van der Waals surface area contributed by atoms with Crippen LogP contribution in [0.4, 0.5) is 11.4 Å². The molecule has 0 amide bonds. The summed E-state index contributed by atoms with van der Waals surface area (Å²) < 4.78 is 0. The highest BCUT2D eigenvalue weighted by atomic mass is 15.1. The van der Waals surface area contributed by atoms with Crippen LogP contribution in [0.5, 0.6) is 0 Å². The van der Waals surface area contributed by atoms with Gasteiger partial charge in [-0.3, -0.25) is 0 Å². The van der Waals surface area contributed by atoms with Gasteiger partial charge in [0.1, 0.15) is 0 Å². The van der Waals surface area contributed by atoms with Gasteiger partial charge < -0.3 is 10.2 Å². The van der Waals surface area contributed by atoms with Crippen LogP contribution in [0, 0.1) is 0 Å². The van der Waals surface area contributed by atoms with Gasteiger partial charge in [0.15, 0.2) is 0 Å². The van der Waals surface area contributed by atoms with Gasteiger partial charge in [-0.15, -0.1) is 0 Å². The Morgan fingerprint density at radius 3 is 2.67 bits per heavy atom. The summed E-state index contributed by atoms with van der Waals surface area (Å²) in [4.78, 5) is 2.15. The molecule has 0 fully saturated rings. The molecule has 1 aromatic rings. The van der Waals surface area contributed by atoms with Crippen LogP contribution in [-0.4, -0.2) is 19.6 Å². The molecule has 1 aliphatic heterocycles. The number of fused-ring (bicyclic) bond motifs is 1. The minimum Gasteiger partial charge on any atom is -0.380 e. The van der Waals surface area contributed by atoms with Crippen LogP contribution in [0.1, 0.15) is 25.8 Å². The second-order valence-electron chi connectivity index (χ2n) is 5.24. The van der Waals surface area contributed by atoms with E-state index in [-0.39, 0.29) is 5.54 Å². The lowest BCUT2D eigenvalue weighted by Gasteiger charge is -2.34. The van der Waals surface area contributed by atoms with Gasteiger partial charge in [-0.25, -0.2) is 0 Å². The molecule has 0 spiro atoms. The van der Waals surface area contributed by atoms with Gasteiger partial charge in [-0.05, 0) is 50.5 Å². The third-order valence-electron chi connectivity index (χ3n) is 3.10. The van der Waals surface area contributed by atoms with Crippen LogP contribution in [0.2, 0.25) is 0 Å². The fourth-order valence-electron chi connectivity index (χ4n) is 2.06. The molecule has 0 saturated carbocycles. The average Bonchev–Trinajstić information content (AvgIpc) is 2.15. The van der Waals surface area contributed by atoms with Gasteiger partial charge in [0.25, 0.3) is 0 Å². The largest absolute Gasteiger partial charge is 0.380 e. The second-order valence-corrected chi connectivity index (χ2v) is 5.24. The molecule has 0 saturated heterocycles. The monoisotopic (exact) mass is 204 g/mol. The first-order valence-corrected chi connectivity index (χ1v) is 5.56. The molecule has 1 N–H and O–H groups in total. The zero-order valence-corrected chi connectivity index (χ0v) is 10.1. The van der Waals surface area contributed by atoms with Gasteiger partial charge in [-0.1, -0.05) is 0 Å². The first-order valence-electron chi connectivity index (χ1n) is 5.56. The van der Waals surface area contributed by atoms with Gasteiger partial charge in [-0.2, -0.15) is 0 Å². The zero-order chi connectivity index (χ0) is 11.1. The summed E-state index contributed by atoms with van der Waals surface area (Å²) in [5.41, 5.74) is 4.28. The van der Waals surface area contributed by atoms with Gasteiger partial charge in [0.05, 0.1) is 0 Å². The summed E-state index contributed by atoms with van der Waals surface area (Å²) in [6, 6.07) is 6.66. The fraction of sp³-hybridized carbons (Fsp3) is 0.538. The van der Waals surface area contributed by atoms with Crippen molar-refractivity contribution >= 4 is 11.4 Å². The van der Waals surface area contributed by atoms with Crippen LogP contribution >= 0.6 is 0 Å². The van der Waals surface area contributed by atoms with E-state index in [9.17, 15) is 0 Å². The Labute approximate surface area is 92.3 Å². The summed E-state index contributed by atoms with van der Waals surface area (Å²) in [5.74, 6) is 0. The van der Waals surface area contributed by atoms with Crippen molar-refractivity contribution in [2.75, 3.05) is 24.3 Å². The van der Waals surface area contributed by atoms with E-state index in [0.717, 1.165) is 0 Å². The summed E-state index contributed by atoms with van der Waals surface area (Å²) in [7, 11) is 4.17. The molecule has 1 heterocycles. The maximum Gasteiger partial charge on any atom is 0.0378 e. The molecule has 0 aromatic heterocycles. The Morgan fingerprint density at radius 2 is 2.00 bits per heavy atom. The summed E-state index contributed by atoms with van der Waals surface area (Å²) >= 11 is 0. The van der Waals surface area contributed by atoms with Crippen molar-refractivity contribution in [3.05, 3.63) is 23.8 Å². The number of anilines is 2. The lowest BCUT2D eigenvalue weighted by molar-refractivity contribution is 0.502. The molecule has 2 rings (SSSR count). The molecule has 1 aliphatic rings. The number of hydrogen-bond acceptors (Lipinski definition) is 2. The van der Waals surface area contributed by atoms with Crippen molar-refractivity contribution in [2.45, 2.75) is 32.2 Å². The molecular formula is C13H20N2. The lowest BCUT2D eigenvalue weighted by atomic mass is 9.89. The van der Waals surface area contributed by atoms with Crippen molar-refractivity contribution in [2.24, 2.45) is 0 Å². The van der Waals surface area contributed by atoms with Gasteiger partial charge in [0.2, 0.25) is 0 Å². The number of nitrogens with zero attached hydrogens (tertiary/aromatic N) is 1. The third kappa shape index (κ3) is 2.09. The minimum absolute atomic E-state index is 0.243. The van der Waals surface area contributed by atoms with Crippen LogP contribution < -0.4 is 10.2 Å². The standard InChI is InChI=1S/C13H20N2/c1-13(2)8-7-10-9-11(15(3)4)5-6-12(10)14-13/h5-6,9,14H,7-8H2,1-4H3. The van der Waals surface area contributed by atoms with E-state index in [1.165, 1.54) is 29.8 Å².